The fourth-order valence-electron chi connectivity index (χ4n) is 3.09. The lowest BCUT2D eigenvalue weighted by molar-refractivity contribution is -0.388. The van der Waals surface area contributed by atoms with Crippen molar-refractivity contribution in [3.8, 4) is 17.2 Å². The second-order valence-electron chi connectivity index (χ2n) is 6.97. The van der Waals surface area contributed by atoms with Gasteiger partial charge in [-0.25, -0.2) is 0 Å². The summed E-state index contributed by atoms with van der Waals surface area (Å²) in [7, 11) is 1.40. The van der Waals surface area contributed by atoms with Gasteiger partial charge in [-0.15, -0.1) is 0 Å². The van der Waals surface area contributed by atoms with Crippen molar-refractivity contribution in [1.29, 1.82) is 0 Å². The number of nitrogens with zero attached hydrogens (tertiary/aromatic N) is 4. The number of non-ortho nitro benzene ring substituents is 1. The van der Waals surface area contributed by atoms with Crippen LogP contribution in [0.4, 0.5) is 30.2 Å². The molecule has 2 aromatic carbocycles. The molecule has 1 heterocycles. The molecule has 0 saturated carbocycles. The molecule has 0 unspecified atom stereocenters. The molecule has 3 rings (SSSR count). The first-order chi connectivity index (χ1) is 16.4. The van der Waals surface area contributed by atoms with Crippen molar-refractivity contribution in [2.24, 2.45) is 0 Å². The molecule has 15 heteroatoms. The van der Waals surface area contributed by atoms with Crippen LogP contribution in [-0.2, 0) is 17.5 Å². The van der Waals surface area contributed by atoms with Crippen molar-refractivity contribution >= 4 is 23.0 Å². The quantitative estimate of drug-likeness (QED) is 0.355. The number of nitro groups is 2. The van der Waals surface area contributed by atoms with Gasteiger partial charge in [0.25, 0.3) is 5.69 Å². The average Bonchev–Trinajstić information content (AvgIpc) is 3.10. The smallest absolute Gasteiger partial charge is 0.442 e. The van der Waals surface area contributed by atoms with Gasteiger partial charge in [0, 0.05) is 12.1 Å². The number of methoxy groups -OCH3 is 1. The zero-order chi connectivity index (χ0) is 25.9. The molecule has 1 aromatic heterocycles. The summed E-state index contributed by atoms with van der Waals surface area (Å²) in [5.41, 5.74) is -4.05. The summed E-state index contributed by atoms with van der Waals surface area (Å²) in [4.78, 5) is 32.9. The van der Waals surface area contributed by atoms with Crippen LogP contribution in [0.5, 0.6) is 17.2 Å². The normalized spacial score (nSPS) is 11.1. The second kappa shape index (κ2) is 9.66. The molecule has 1 amide bonds. The Morgan fingerprint density at radius 3 is 2.31 bits per heavy atom. The Bertz CT molecular complexity index is 1310. The number of carbonyl (C=O) groups is 1. The van der Waals surface area contributed by atoms with Gasteiger partial charge in [0.15, 0.2) is 11.5 Å². The minimum atomic E-state index is -5.11. The number of ether oxygens (including phenoxy) is 2. The number of carbonyl (C=O) groups excluding carboxylic acids is 1. The highest BCUT2D eigenvalue weighted by atomic mass is 19.4. The molecule has 0 atom stereocenters. The van der Waals surface area contributed by atoms with E-state index in [0.29, 0.717) is 10.4 Å². The van der Waals surface area contributed by atoms with Crippen LogP contribution in [0, 0.1) is 27.2 Å². The van der Waals surface area contributed by atoms with E-state index in [-0.39, 0.29) is 17.2 Å². The molecule has 0 aliphatic carbocycles. The third kappa shape index (κ3) is 5.63. The monoisotopic (exact) mass is 495 g/mol. The molecule has 0 aliphatic heterocycles. The van der Waals surface area contributed by atoms with Crippen molar-refractivity contribution < 1.29 is 37.3 Å². The number of para-hydroxylation sites is 2. The Morgan fingerprint density at radius 2 is 1.77 bits per heavy atom. The third-order valence-electron chi connectivity index (χ3n) is 4.60. The van der Waals surface area contributed by atoms with E-state index in [2.05, 4.69) is 10.4 Å². The summed E-state index contributed by atoms with van der Waals surface area (Å²) < 4.78 is 50.7. The lowest BCUT2D eigenvalue weighted by Crippen LogP contribution is -2.21. The zero-order valence-electron chi connectivity index (χ0n) is 18.0. The lowest BCUT2D eigenvalue weighted by atomic mass is 10.2. The van der Waals surface area contributed by atoms with Gasteiger partial charge in [-0.1, -0.05) is 12.1 Å². The van der Waals surface area contributed by atoms with Crippen molar-refractivity contribution in [3.05, 3.63) is 74.1 Å². The number of alkyl halides is 3. The molecule has 12 nitrogen and oxygen atoms in total. The topological polar surface area (TPSA) is 152 Å². The SMILES string of the molecule is COc1ccccc1Oc1cc(NC(=O)Cn2nc(C(F)(F)F)c([N+](=O)[O-])c2C)cc([N+](=O)[O-])c1. The molecule has 0 spiro atoms. The van der Waals surface area contributed by atoms with Crippen LogP contribution >= 0.6 is 0 Å². The highest BCUT2D eigenvalue weighted by molar-refractivity contribution is 5.91. The van der Waals surface area contributed by atoms with Gasteiger partial charge in [0.05, 0.1) is 28.7 Å². The maximum absolute atomic E-state index is 13.1. The first-order valence-electron chi connectivity index (χ1n) is 9.60. The lowest BCUT2D eigenvalue weighted by Gasteiger charge is -2.12. The van der Waals surface area contributed by atoms with E-state index in [4.69, 9.17) is 9.47 Å². The van der Waals surface area contributed by atoms with Crippen molar-refractivity contribution in [2.75, 3.05) is 12.4 Å². The number of hydrogen-bond acceptors (Lipinski definition) is 8. The van der Waals surface area contributed by atoms with Crippen LogP contribution in [0.3, 0.4) is 0 Å². The van der Waals surface area contributed by atoms with Crippen LogP contribution in [0.1, 0.15) is 11.4 Å². The maximum atomic E-state index is 13.1. The molecule has 1 N–H and O–H groups in total. The highest BCUT2D eigenvalue weighted by Crippen LogP contribution is 2.37. The van der Waals surface area contributed by atoms with Crippen molar-refractivity contribution in [2.45, 2.75) is 19.6 Å². The number of halogens is 3. The minimum Gasteiger partial charge on any atom is -0.493 e. The molecule has 0 radical (unpaired) electrons. The molecular weight excluding hydrogens is 479 g/mol. The highest BCUT2D eigenvalue weighted by Gasteiger charge is 2.44. The van der Waals surface area contributed by atoms with E-state index >= 15 is 0 Å². The van der Waals surface area contributed by atoms with Crippen LogP contribution in [0.15, 0.2) is 42.5 Å². The van der Waals surface area contributed by atoms with Gasteiger partial charge >= 0.3 is 11.9 Å². The molecule has 184 valence electrons. The Hall–Kier alpha value is -4.69. The Morgan fingerprint density at radius 1 is 1.11 bits per heavy atom. The Balaban J connectivity index is 1.88. The van der Waals surface area contributed by atoms with Gasteiger partial charge in [0.1, 0.15) is 18.0 Å². The van der Waals surface area contributed by atoms with Crippen molar-refractivity contribution in [3.63, 3.8) is 0 Å². The minimum absolute atomic E-state index is 0.0377. The van der Waals surface area contributed by atoms with Gasteiger partial charge < -0.3 is 14.8 Å². The van der Waals surface area contributed by atoms with E-state index in [1.165, 1.54) is 13.2 Å². The van der Waals surface area contributed by atoms with E-state index < -0.39 is 51.2 Å². The number of nitro benzene ring substituents is 1. The predicted molar refractivity (Wildman–Crippen MR) is 113 cm³/mol. The summed E-state index contributed by atoms with van der Waals surface area (Å²) in [5, 5.41) is 27.9. The van der Waals surface area contributed by atoms with E-state index in [9.17, 15) is 38.2 Å². The second-order valence-corrected chi connectivity index (χ2v) is 6.97. The fourth-order valence-corrected chi connectivity index (χ4v) is 3.09. The number of amides is 1. The molecular formula is C20H16F3N5O7. The number of nitrogens with one attached hydrogen (secondary N) is 1. The first kappa shape index (κ1) is 24.9. The molecule has 0 saturated heterocycles. The summed E-state index contributed by atoms with van der Waals surface area (Å²) in [5.74, 6) is -0.417. The molecule has 3 aromatic rings. The summed E-state index contributed by atoms with van der Waals surface area (Å²) >= 11 is 0. The summed E-state index contributed by atoms with van der Waals surface area (Å²) in [6, 6.07) is 9.80. The standard InChI is InChI=1S/C20H16F3N5O7/c1-11-18(28(32)33)19(20(21,22)23)25-26(11)10-17(29)24-12-7-13(27(30)31)9-14(8-12)35-16-6-4-3-5-15(16)34-2/h3-9H,10H2,1-2H3,(H,24,29). The molecule has 0 aliphatic rings. The van der Waals surface area contributed by atoms with Crippen LogP contribution in [0.2, 0.25) is 0 Å². The van der Waals surface area contributed by atoms with Crippen molar-refractivity contribution in [1.82, 2.24) is 9.78 Å². The van der Waals surface area contributed by atoms with E-state index in [1.54, 1.807) is 24.3 Å². The predicted octanol–water partition coefficient (Wildman–Crippen LogP) is 4.47. The largest absolute Gasteiger partial charge is 0.493 e. The van der Waals surface area contributed by atoms with E-state index in [1.807, 2.05) is 0 Å². The maximum Gasteiger partial charge on any atom is 0.442 e. The number of aromatic nitrogens is 2. The number of benzene rings is 2. The molecule has 35 heavy (non-hydrogen) atoms. The third-order valence-corrected chi connectivity index (χ3v) is 4.60. The van der Waals surface area contributed by atoms with Crippen LogP contribution < -0.4 is 14.8 Å². The Labute approximate surface area is 194 Å². The Kier molecular flexibility index (Phi) is 6.88. The van der Waals surface area contributed by atoms with Gasteiger partial charge in [-0.3, -0.25) is 29.7 Å². The zero-order valence-corrected chi connectivity index (χ0v) is 18.0. The number of rotatable bonds is 8. The van der Waals surface area contributed by atoms with Gasteiger partial charge in [-0.2, -0.15) is 18.3 Å². The number of hydrogen-bond donors (Lipinski definition) is 1. The van der Waals surface area contributed by atoms with E-state index in [0.717, 1.165) is 19.1 Å². The van der Waals surface area contributed by atoms with Crippen LogP contribution in [0.25, 0.3) is 0 Å². The molecule has 0 fully saturated rings. The average molecular weight is 495 g/mol. The fraction of sp³-hybridized carbons (Fsp3) is 0.200. The first-order valence-corrected chi connectivity index (χ1v) is 9.60. The summed E-state index contributed by atoms with van der Waals surface area (Å²) in [6.07, 6.45) is -5.11. The summed E-state index contributed by atoms with van der Waals surface area (Å²) in [6.45, 7) is 0.189. The van der Waals surface area contributed by atoms with Crippen LogP contribution in [-0.4, -0.2) is 32.6 Å². The number of anilines is 1. The molecule has 0 bridgehead atoms. The van der Waals surface area contributed by atoms with Gasteiger partial charge in [0.2, 0.25) is 11.6 Å². The van der Waals surface area contributed by atoms with Gasteiger partial charge in [-0.05, 0) is 19.1 Å².